The molecule has 0 radical (unpaired) electrons. The minimum atomic E-state index is -0.268. The number of ether oxygens (including phenoxy) is 2. The smallest absolute Gasteiger partial charge is 0.258 e. The van der Waals surface area contributed by atoms with Crippen LogP contribution >= 0.6 is 0 Å². The first-order valence-electron chi connectivity index (χ1n) is 8.63. The van der Waals surface area contributed by atoms with Gasteiger partial charge in [0.1, 0.15) is 11.5 Å². The molecule has 0 unspecified atom stereocenters. The summed E-state index contributed by atoms with van der Waals surface area (Å²) in [5.74, 6) is 1.84. The molecule has 0 aliphatic heterocycles. The predicted octanol–water partition coefficient (Wildman–Crippen LogP) is 3.00. The highest BCUT2D eigenvalue weighted by Crippen LogP contribution is 2.21. The van der Waals surface area contributed by atoms with Crippen molar-refractivity contribution >= 4 is 5.91 Å². The van der Waals surface area contributed by atoms with E-state index in [1.807, 2.05) is 48.5 Å². The van der Waals surface area contributed by atoms with Gasteiger partial charge in [-0.1, -0.05) is 36.3 Å². The molecule has 0 fully saturated rings. The minimum absolute atomic E-state index is 0.0810. The van der Waals surface area contributed by atoms with Crippen LogP contribution in [0.15, 0.2) is 53.1 Å². The Morgan fingerprint density at radius 2 is 1.96 bits per heavy atom. The van der Waals surface area contributed by atoms with Crippen molar-refractivity contribution in [2.24, 2.45) is 0 Å². The lowest BCUT2D eigenvalue weighted by atomic mass is 10.2. The van der Waals surface area contributed by atoms with Crippen LogP contribution in [0.25, 0.3) is 11.4 Å². The Balaban J connectivity index is 1.49. The molecule has 0 bridgehead atoms. The van der Waals surface area contributed by atoms with Crippen LogP contribution < -0.4 is 14.8 Å². The lowest BCUT2D eigenvalue weighted by Gasteiger charge is -2.06. The molecule has 3 aromatic rings. The highest BCUT2D eigenvalue weighted by molar-refractivity contribution is 5.77. The molecule has 1 amide bonds. The molecule has 1 heterocycles. The molecule has 0 atom stereocenters. The molecule has 1 N–H and O–H groups in total. The van der Waals surface area contributed by atoms with Gasteiger partial charge in [0.25, 0.3) is 5.91 Å². The van der Waals surface area contributed by atoms with Crippen molar-refractivity contribution in [3.63, 3.8) is 0 Å². The van der Waals surface area contributed by atoms with Gasteiger partial charge in [-0.25, -0.2) is 0 Å². The number of benzene rings is 2. The Labute approximate surface area is 157 Å². The molecule has 0 aliphatic rings. The SMILES string of the molecule is CCc1ccc(OCC(=O)NCc2nc(-c3cccc(OC)c3)no2)cc1. The van der Waals surface area contributed by atoms with Crippen LogP contribution in [0.5, 0.6) is 11.5 Å². The van der Waals surface area contributed by atoms with E-state index in [1.54, 1.807) is 7.11 Å². The standard InChI is InChI=1S/C20H21N3O4/c1-3-14-7-9-16(10-8-14)26-13-18(24)21-12-19-22-20(23-27-19)15-5-4-6-17(11-15)25-2/h4-11H,3,12-13H2,1-2H3,(H,21,24). The van der Waals surface area contributed by atoms with Gasteiger partial charge in [0, 0.05) is 5.56 Å². The number of carbonyl (C=O) groups is 1. The van der Waals surface area contributed by atoms with Gasteiger partial charge >= 0.3 is 0 Å². The molecule has 7 nitrogen and oxygen atoms in total. The normalized spacial score (nSPS) is 10.4. The Bertz CT molecular complexity index is 890. The first-order valence-corrected chi connectivity index (χ1v) is 8.63. The van der Waals surface area contributed by atoms with E-state index in [9.17, 15) is 4.79 Å². The van der Waals surface area contributed by atoms with Gasteiger partial charge in [0.2, 0.25) is 11.7 Å². The number of amides is 1. The summed E-state index contributed by atoms with van der Waals surface area (Å²) in [6, 6.07) is 15.0. The van der Waals surface area contributed by atoms with Gasteiger partial charge in [-0.05, 0) is 36.2 Å². The number of carbonyl (C=O) groups excluding carboxylic acids is 1. The van der Waals surface area contributed by atoms with Crippen LogP contribution in [-0.2, 0) is 17.8 Å². The fourth-order valence-electron chi connectivity index (χ4n) is 2.40. The number of aromatic nitrogens is 2. The average molecular weight is 367 g/mol. The van der Waals surface area contributed by atoms with E-state index >= 15 is 0 Å². The number of aryl methyl sites for hydroxylation is 1. The van der Waals surface area contributed by atoms with Crippen molar-refractivity contribution in [2.75, 3.05) is 13.7 Å². The summed E-state index contributed by atoms with van der Waals surface area (Å²) in [6.45, 7) is 2.14. The fourth-order valence-corrected chi connectivity index (χ4v) is 2.40. The third-order valence-corrected chi connectivity index (χ3v) is 3.93. The van der Waals surface area contributed by atoms with Gasteiger partial charge in [-0.2, -0.15) is 4.98 Å². The molecule has 3 rings (SSSR count). The van der Waals surface area contributed by atoms with Crippen molar-refractivity contribution in [3.8, 4) is 22.9 Å². The maximum atomic E-state index is 11.9. The molecule has 140 valence electrons. The quantitative estimate of drug-likeness (QED) is 0.659. The minimum Gasteiger partial charge on any atom is -0.497 e. The van der Waals surface area contributed by atoms with Crippen LogP contribution in [0.2, 0.25) is 0 Å². The Morgan fingerprint density at radius 1 is 1.15 bits per heavy atom. The predicted molar refractivity (Wildman–Crippen MR) is 99.4 cm³/mol. The van der Waals surface area contributed by atoms with Crippen molar-refractivity contribution < 1.29 is 18.8 Å². The zero-order valence-corrected chi connectivity index (χ0v) is 15.3. The van der Waals surface area contributed by atoms with Gasteiger partial charge in [-0.15, -0.1) is 0 Å². The third kappa shape index (κ3) is 5.07. The molecule has 7 heteroatoms. The van der Waals surface area contributed by atoms with Crippen molar-refractivity contribution in [2.45, 2.75) is 19.9 Å². The number of nitrogens with one attached hydrogen (secondary N) is 1. The fraction of sp³-hybridized carbons (Fsp3) is 0.250. The molecule has 0 aliphatic carbocycles. The molecular weight excluding hydrogens is 346 g/mol. The van der Waals surface area contributed by atoms with Crippen molar-refractivity contribution in [3.05, 3.63) is 60.0 Å². The van der Waals surface area contributed by atoms with Crippen molar-refractivity contribution in [1.29, 1.82) is 0 Å². The maximum Gasteiger partial charge on any atom is 0.258 e. The van der Waals surface area contributed by atoms with E-state index in [4.69, 9.17) is 14.0 Å². The van der Waals surface area contributed by atoms with E-state index in [2.05, 4.69) is 22.4 Å². The Hall–Kier alpha value is -3.35. The lowest BCUT2D eigenvalue weighted by molar-refractivity contribution is -0.123. The highest BCUT2D eigenvalue weighted by atomic mass is 16.5. The summed E-state index contributed by atoms with van der Waals surface area (Å²) in [6.07, 6.45) is 0.961. The van der Waals surface area contributed by atoms with Crippen LogP contribution in [0.4, 0.5) is 0 Å². The summed E-state index contributed by atoms with van der Waals surface area (Å²) >= 11 is 0. The lowest BCUT2D eigenvalue weighted by Crippen LogP contribution is -2.28. The first kappa shape index (κ1) is 18.4. The summed E-state index contributed by atoms with van der Waals surface area (Å²) in [4.78, 5) is 16.2. The zero-order chi connectivity index (χ0) is 19.1. The number of hydrogen-bond donors (Lipinski definition) is 1. The molecule has 0 spiro atoms. The largest absolute Gasteiger partial charge is 0.497 e. The third-order valence-electron chi connectivity index (χ3n) is 3.93. The molecule has 0 saturated carbocycles. The maximum absolute atomic E-state index is 11.9. The summed E-state index contributed by atoms with van der Waals surface area (Å²) in [5.41, 5.74) is 1.99. The van der Waals surface area contributed by atoms with E-state index in [-0.39, 0.29) is 19.1 Å². The second kappa shape index (κ2) is 8.84. The average Bonchev–Trinajstić information content (AvgIpc) is 3.20. The van der Waals surface area contributed by atoms with Gasteiger partial charge < -0.3 is 19.3 Å². The molecule has 27 heavy (non-hydrogen) atoms. The topological polar surface area (TPSA) is 86.5 Å². The van der Waals surface area contributed by atoms with Gasteiger partial charge in [0.05, 0.1) is 13.7 Å². The second-order valence-corrected chi connectivity index (χ2v) is 5.81. The number of nitrogens with zero attached hydrogens (tertiary/aromatic N) is 2. The number of rotatable bonds is 8. The van der Waals surface area contributed by atoms with E-state index in [0.29, 0.717) is 23.2 Å². The van der Waals surface area contributed by atoms with E-state index in [0.717, 1.165) is 12.0 Å². The molecule has 0 saturated heterocycles. The molecule has 1 aromatic heterocycles. The number of methoxy groups -OCH3 is 1. The monoisotopic (exact) mass is 367 g/mol. The second-order valence-electron chi connectivity index (χ2n) is 5.81. The van der Waals surface area contributed by atoms with Crippen LogP contribution in [-0.4, -0.2) is 29.8 Å². The summed E-state index contributed by atoms with van der Waals surface area (Å²) in [5, 5.41) is 6.62. The zero-order valence-electron chi connectivity index (χ0n) is 15.3. The first-order chi connectivity index (χ1) is 13.2. The van der Waals surface area contributed by atoms with Crippen molar-refractivity contribution in [1.82, 2.24) is 15.5 Å². The summed E-state index contributed by atoms with van der Waals surface area (Å²) < 4.78 is 15.8. The van der Waals surface area contributed by atoms with E-state index < -0.39 is 0 Å². The Kier molecular flexibility index (Phi) is 6.04. The van der Waals surface area contributed by atoms with Gasteiger partial charge in [0.15, 0.2) is 6.61 Å². The van der Waals surface area contributed by atoms with E-state index in [1.165, 1.54) is 5.56 Å². The molecule has 2 aromatic carbocycles. The molecular formula is C20H21N3O4. The highest BCUT2D eigenvalue weighted by Gasteiger charge is 2.11. The van der Waals surface area contributed by atoms with Gasteiger partial charge in [-0.3, -0.25) is 4.79 Å². The van der Waals surface area contributed by atoms with Crippen LogP contribution in [0.3, 0.4) is 0 Å². The Morgan fingerprint density at radius 3 is 2.70 bits per heavy atom. The van der Waals surface area contributed by atoms with Crippen LogP contribution in [0.1, 0.15) is 18.4 Å². The van der Waals surface area contributed by atoms with Crippen LogP contribution in [0, 0.1) is 0 Å². The number of hydrogen-bond acceptors (Lipinski definition) is 6. The summed E-state index contributed by atoms with van der Waals surface area (Å²) in [7, 11) is 1.59.